The van der Waals surface area contributed by atoms with E-state index in [4.69, 9.17) is 34.8 Å². The van der Waals surface area contributed by atoms with Crippen LogP contribution in [-0.2, 0) is 16.2 Å². The quantitative estimate of drug-likeness (QED) is 0.212. The first-order valence-corrected chi connectivity index (χ1v) is 13.7. The highest BCUT2D eigenvalue weighted by molar-refractivity contribution is 7.89. The zero-order valence-corrected chi connectivity index (χ0v) is 23.4. The summed E-state index contributed by atoms with van der Waals surface area (Å²) in [5, 5.41) is 1.17. The summed E-state index contributed by atoms with van der Waals surface area (Å²) >= 11 is 17.4. The van der Waals surface area contributed by atoms with Crippen LogP contribution >= 0.6 is 34.8 Å². The molecule has 0 spiro atoms. The Morgan fingerprint density at radius 3 is 2.00 bits per heavy atom. The van der Waals surface area contributed by atoms with Crippen molar-refractivity contribution in [3.8, 4) is 0 Å². The van der Waals surface area contributed by atoms with Gasteiger partial charge in [-0.2, -0.15) is 39.5 Å². The van der Waals surface area contributed by atoms with Crippen LogP contribution in [-0.4, -0.2) is 45.0 Å². The van der Waals surface area contributed by atoms with Crippen molar-refractivity contribution in [3.05, 3.63) is 73.7 Å². The van der Waals surface area contributed by atoms with Gasteiger partial charge in [0.25, 0.3) is 5.91 Å². The van der Waals surface area contributed by atoms with Crippen molar-refractivity contribution in [2.75, 3.05) is 12.3 Å². The predicted molar refractivity (Wildman–Crippen MR) is 136 cm³/mol. The van der Waals surface area contributed by atoms with E-state index in [2.05, 4.69) is 0 Å². The summed E-state index contributed by atoms with van der Waals surface area (Å²) in [6, 6.07) is 2.31. The van der Waals surface area contributed by atoms with E-state index >= 15 is 0 Å². The van der Waals surface area contributed by atoms with Crippen molar-refractivity contribution in [1.29, 1.82) is 0 Å². The first-order chi connectivity index (χ1) is 18.5. The lowest BCUT2D eigenvalue weighted by Gasteiger charge is -2.19. The fourth-order valence-electron chi connectivity index (χ4n) is 3.39. The van der Waals surface area contributed by atoms with Crippen molar-refractivity contribution in [2.24, 2.45) is 0 Å². The molecule has 0 radical (unpaired) electrons. The van der Waals surface area contributed by atoms with Crippen LogP contribution in [0, 0.1) is 0 Å². The molecule has 0 saturated carbocycles. The van der Waals surface area contributed by atoms with Gasteiger partial charge < -0.3 is 5.32 Å². The van der Waals surface area contributed by atoms with E-state index in [0.29, 0.717) is 18.2 Å². The number of carbonyl (C=O) groups is 1. The monoisotopic (exact) mass is 678 g/mol. The maximum atomic E-state index is 13.8. The Labute approximate surface area is 242 Å². The molecule has 2 rings (SSSR count). The maximum absolute atomic E-state index is 13.8. The molecular formula is C23H18Cl3F9N2O3S. The Kier molecular flexibility index (Phi) is 11.1. The Morgan fingerprint density at radius 1 is 0.951 bits per heavy atom. The fourth-order valence-corrected chi connectivity index (χ4v) is 5.25. The van der Waals surface area contributed by atoms with Crippen LogP contribution in [0.1, 0.15) is 39.9 Å². The maximum Gasteiger partial charge on any atom is 0.417 e. The highest BCUT2D eigenvalue weighted by atomic mass is 35.5. The molecule has 0 aromatic heterocycles. The molecule has 0 aliphatic rings. The number of hydrogen-bond acceptors (Lipinski definition) is 3. The van der Waals surface area contributed by atoms with Gasteiger partial charge in [0.2, 0.25) is 10.0 Å². The van der Waals surface area contributed by atoms with Gasteiger partial charge in [-0.1, -0.05) is 53.0 Å². The molecular weight excluding hydrogens is 662 g/mol. The van der Waals surface area contributed by atoms with E-state index in [1.165, 1.54) is 4.72 Å². The molecule has 0 aliphatic heterocycles. The van der Waals surface area contributed by atoms with Crippen LogP contribution in [0.4, 0.5) is 39.5 Å². The van der Waals surface area contributed by atoms with E-state index in [9.17, 15) is 52.7 Å². The zero-order valence-electron chi connectivity index (χ0n) is 20.3. The van der Waals surface area contributed by atoms with Gasteiger partial charge in [-0.3, -0.25) is 4.79 Å². The van der Waals surface area contributed by atoms with Gasteiger partial charge in [0.15, 0.2) is 0 Å². The second-order valence-electron chi connectivity index (χ2n) is 8.57. The van der Waals surface area contributed by atoms with Crippen molar-refractivity contribution >= 4 is 56.8 Å². The average Bonchev–Trinajstić information content (AvgIpc) is 2.79. The largest absolute Gasteiger partial charge is 0.417 e. The van der Waals surface area contributed by atoms with Crippen molar-refractivity contribution in [2.45, 2.75) is 37.4 Å². The number of nitrogens with one attached hydrogen (secondary N) is 2. The summed E-state index contributed by atoms with van der Waals surface area (Å²) in [5.74, 6) is -4.88. The Morgan fingerprint density at radius 2 is 1.51 bits per heavy atom. The SMILES string of the molecule is C[C@H](CS(=O)(=O)NCC(F)(F)F)NC(=O)c1ccc(/C=C/C(c2cc(Cl)c(Cl)c(Cl)c2)C(F)(F)F)cc1C(F)(F)F. The summed E-state index contributed by atoms with van der Waals surface area (Å²) in [6.07, 6.45) is -13.7. The van der Waals surface area contributed by atoms with Crippen LogP contribution in [0.2, 0.25) is 15.1 Å². The molecule has 41 heavy (non-hydrogen) atoms. The Balaban J connectivity index is 2.35. The number of rotatable bonds is 9. The van der Waals surface area contributed by atoms with Crippen molar-refractivity contribution in [1.82, 2.24) is 10.0 Å². The summed E-state index contributed by atoms with van der Waals surface area (Å²) in [7, 11) is -4.58. The number of benzene rings is 2. The third kappa shape index (κ3) is 10.5. The highest BCUT2D eigenvalue weighted by Gasteiger charge is 2.40. The zero-order chi connectivity index (χ0) is 31.6. The second-order valence-corrected chi connectivity index (χ2v) is 11.6. The molecule has 2 aromatic rings. The number of allylic oxidation sites excluding steroid dienone is 1. The molecule has 2 atom stereocenters. The van der Waals surface area contributed by atoms with E-state index in [1.807, 2.05) is 5.32 Å². The van der Waals surface area contributed by atoms with E-state index in [-0.39, 0.29) is 20.6 Å². The molecule has 0 fully saturated rings. The molecule has 18 heteroatoms. The molecule has 0 aliphatic carbocycles. The first kappa shape index (κ1) is 35.0. The van der Waals surface area contributed by atoms with Crippen LogP contribution in [0.3, 0.4) is 0 Å². The Bertz CT molecular complexity index is 1390. The highest BCUT2D eigenvalue weighted by Crippen LogP contribution is 2.41. The molecule has 0 heterocycles. The topological polar surface area (TPSA) is 75.3 Å². The van der Waals surface area contributed by atoms with Gasteiger partial charge in [-0.15, -0.1) is 0 Å². The molecule has 1 amide bonds. The molecule has 2 N–H and O–H groups in total. The van der Waals surface area contributed by atoms with Crippen molar-refractivity contribution < 1.29 is 52.7 Å². The molecule has 2 aromatic carbocycles. The lowest BCUT2D eigenvalue weighted by Crippen LogP contribution is -2.43. The van der Waals surface area contributed by atoms with Crippen molar-refractivity contribution in [3.63, 3.8) is 0 Å². The van der Waals surface area contributed by atoms with Gasteiger partial charge in [0.05, 0.1) is 37.9 Å². The third-order valence-electron chi connectivity index (χ3n) is 5.13. The van der Waals surface area contributed by atoms with Crippen LogP contribution in [0.25, 0.3) is 6.08 Å². The average molecular weight is 680 g/mol. The summed E-state index contributed by atoms with van der Waals surface area (Å²) in [6.45, 7) is -0.863. The summed E-state index contributed by atoms with van der Waals surface area (Å²) < 4.78 is 144. The predicted octanol–water partition coefficient (Wildman–Crippen LogP) is 7.62. The summed E-state index contributed by atoms with van der Waals surface area (Å²) in [4.78, 5) is 12.5. The minimum absolute atomic E-state index is 0.199. The van der Waals surface area contributed by atoms with Gasteiger partial charge in [0, 0.05) is 6.04 Å². The smallest absolute Gasteiger partial charge is 0.348 e. The minimum atomic E-state index is -5.18. The van der Waals surface area contributed by atoms with E-state index in [1.54, 1.807) is 0 Å². The number of amides is 1. The molecule has 228 valence electrons. The second kappa shape index (κ2) is 13.0. The third-order valence-corrected chi connectivity index (χ3v) is 7.85. The van der Waals surface area contributed by atoms with Crippen LogP contribution in [0.15, 0.2) is 36.4 Å². The van der Waals surface area contributed by atoms with Gasteiger partial charge in [0.1, 0.15) is 6.54 Å². The molecule has 5 nitrogen and oxygen atoms in total. The van der Waals surface area contributed by atoms with Gasteiger partial charge in [-0.25, -0.2) is 13.1 Å². The first-order valence-electron chi connectivity index (χ1n) is 11.0. The Hall–Kier alpha value is -2.20. The minimum Gasteiger partial charge on any atom is -0.348 e. The lowest BCUT2D eigenvalue weighted by molar-refractivity contribution is -0.139. The van der Waals surface area contributed by atoms with Crippen LogP contribution in [0.5, 0.6) is 0 Å². The molecule has 1 unspecified atom stereocenters. The standard InChI is InChI=1S/C23H18Cl3F9N2O3S/c1-11(9-41(39,40)36-10-21(27,28)29)37-20(38)14-4-2-12(6-16(14)23(33,34)35)3-5-15(22(30,31)32)13-7-17(24)19(26)18(25)8-13/h2-8,11,15,36H,9-10H2,1H3,(H,37,38)/b5-3+/t11-,15?/m1/s1. The number of alkyl halides is 9. The number of hydrogen-bond donors (Lipinski definition) is 2. The molecule has 0 saturated heterocycles. The normalized spacial score (nSPS) is 14.8. The van der Waals surface area contributed by atoms with Crippen LogP contribution < -0.4 is 10.0 Å². The fraction of sp³-hybridized carbons (Fsp3) is 0.348. The summed E-state index contributed by atoms with van der Waals surface area (Å²) in [5.41, 5.74) is -3.41. The number of halogens is 12. The number of sulfonamides is 1. The van der Waals surface area contributed by atoms with Gasteiger partial charge in [-0.05, 0) is 42.3 Å². The van der Waals surface area contributed by atoms with E-state index in [0.717, 1.165) is 31.2 Å². The molecule has 0 bridgehead atoms. The lowest BCUT2D eigenvalue weighted by atomic mass is 9.96. The van der Waals surface area contributed by atoms with Gasteiger partial charge >= 0.3 is 18.5 Å². The number of carbonyl (C=O) groups excluding carboxylic acids is 1. The van der Waals surface area contributed by atoms with E-state index < -0.39 is 75.4 Å².